The second-order valence-electron chi connectivity index (χ2n) is 3.03. The van der Waals surface area contributed by atoms with E-state index in [4.69, 9.17) is 0 Å². The lowest BCUT2D eigenvalue weighted by atomic mass is 10.2. The molecular weight excluding hydrogens is 230 g/mol. The fourth-order valence-corrected chi connectivity index (χ4v) is 1.35. The Morgan fingerprint density at radius 3 is 2.92 bits per heavy atom. The number of nitrogens with one attached hydrogen (secondary N) is 1. The molecule has 3 nitrogen and oxygen atoms in total. The van der Waals surface area contributed by atoms with E-state index in [-0.39, 0.29) is 0 Å². The molecule has 0 saturated carbocycles. The molecule has 1 aromatic heterocycles. The van der Waals surface area contributed by atoms with E-state index in [1.807, 2.05) is 24.9 Å². The number of aromatic nitrogens is 2. The molecule has 0 amide bonds. The summed E-state index contributed by atoms with van der Waals surface area (Å²) < 4.78 is 2.80. The van der Waals surface area contributed by atoms with E-state index in [0.29, 0.717) is 0 Å². The van der Waals surface area contributed by atoms with Crippen molar-refractivity contribution in [3.63, 3.8) is 0 Å². The predicted molar refractivity (Wildman–Crippen MR) is 57.7 cm³/mol. The van der Waals surface area contributed by atoms with Crippen molar-refractivity contribution in [3.05, 3.63) is 28.5 Å². The van der Waals surface area contributed by atoms with Crippen LogP contribution in [0.3, 0.4) is 0 Å². The number of nitrogens with zero attached hydrogens (tertiary/aromatic N) is 2. The second-order valence-corrected chi connectivity index (χ2v) is 4.16. The van der Waals surface area contributed by atoms with Crippen molar-refractivity contribution in [2.45, 2.75) is 13.5 Å². The van der Waals surface area contributed by atoms with E-state index in [1.54, 1.807) is 0 Å². The summed E-state index contributed by atoms with van der Waals surface area (Å²) in [6.07, 6.45) is 2.03. The van der Waals surface area contributed by atoms with Crippen LogP contribution in [0.5, 0.6) is 0 Å². The molecule has 0 spiro atoms. The average Bonchev–Trinajstić information content (AvgIpc) is 2.29. The highest BCUT2D eigenvalue weighted by molar-refractivity contribution is 9.11. The summed E-state index contributed by atoms with van der Waals surface area (Å²) in [5, 5.41) is 7.51. The van der Waals surface area contributed by atoms with Crippen LogP contribution in [-0.4, -0.2) is 16.3 Å². The summed E-state index contributed by atoms with van der Waals surface area (Å²) >= 11 is 3.29. The molecule has 1 aromatic rings. The molecule has 0 aliphatic rings. The maximum atomic E-state index is 4.25. The Morgan fingerprint density at radius 1 is 1.77 bits per heavy atom. The molecule has 13 heavy (non-hydrogen) atoms. The standard InChI is InChI=1S/C9H14BrN3/c1-7(10)4-11-5-9-6-13(3)12-8(9)2/h6,11H,1,4-5H2,2-3H3. The van der Waals surface area contributed by atoms with Gasteiger partial charge in [-0.15, -0.1) is 0 Å². The minimum atomic E-state index is 0.786. The third kappa shape index (κ3) is 3.32. The molecule has 0 aliphatic heterocycles. The molecule has 0 saturated heterocycles. The zero-order valence-electron chi connectivity index (χ0n) is 7.97. The highest BCUT2D eigenvalue weighted by Gasteiger charge is 2.01. The van der Waals surface area contributed by atoms with Crippen LogP contribution in [0.15, 0.2) is 17.3 Å². The van der Waals surface area contributed by atoms with Gasteiger partial charge in [0.05, 0.1) is 5.69 Å². The highest BCUT2D eigenvalue weighted by atomic mass is 79.9. The number of rotatable bonds is 4. The van der Waals surface area contributed by atoms with Crippen molar-refractivity contribution in [1.29, 1.82) is 0 Å². The lowest BCUT2D eigenvalue weighted by Gasteiger charge is -2.01. The summed E-state index contributed by atoms with van der Waals surface area (Å²) in [7, 11) is 1.93. The van der Waals surface area contributed by atoms with Crippen molar-refractivity contribution in [3.8, 4) is 0 Å². The lowest BCUT2D eigenvalue weighted by molar-refractivity contribution is 0.748. The maximum Gasteiger partial charge on any atom is 0.0638 e. The number of halogens is 1. The topological polar surface area (TPSA) is 29.9 Å². The number of aryl methyl sites for hydroxylation is 2. The van der Waals surface area contributed by atoms with Crippen LogP contribution in [0.2, 0.25) is 0 Å². The average molecular weight is 244 g/mol. The van der Waals surface area contributed by atoms with Crippen LogP contribution in [0.25, 0.3) is 0 Å². The van der Waals surface area contributed by atoms with Crippen molar-refractivity contribution in [2.75, 3.05) is 6.54 Å². The quantitative estimate of drug-likeness (QED) is 0.874. The normalized spacial score (nSPS) is 10.4. The fourth-order valence-electron chi connectivity index (χ4n) is 1.16. The van der Waals surface area contributed by atoms with Crippen LogP contribution in [-0.2, 0) is 13.6 Å². The molecule has 1 N–H and O–H groups in total. The third-order valence-electron chi connectivity index (χ3n) is 1.75. The van der Waals surface area contributed by atoms with Crippen molar-refractivity contribution in [2.24, 2.45) is 7.05 Å². The summed E-state index contributed by atoms with van der Waals surface area (Å²) in [6.45, 7) is 7.38. The Morgan fingerprint density at radius 2 is 2.46 bits per heavy atom. The first kappa shape index (κ1) is 10.5. The predicted octanol–water partition coefficient (Wildman–Crippen LogP) is 1.73. The van der Waals surface area contributed by atoms with E-state index in [9.17, 15) is 0 Å². The first-order chi connectivity index (χ1) is 6.09. The molecule has 0 aromatic carbocycles. The molecule has 1 rings (SSSR count). The lowest BCUT2D eigenvalue weighted by Crippen LogP contribution is -2.14. The summed E-state index contributed by atoms with van der Waals surface area (Å²) in [4.78, 5) is 0. The van der Waals surface area contributed by atoms with Crippen LogP contribution < -0.4 is 5.32 Å². The Labute approximate surface area is 87.0 Å². The van der Waals surface area contributed by atoms with Gasteiger partial charge in [0.1, 0.15) is 0 Å². The Hall–Kier alpha value is -0.610. The molecule has 72 valence electrons. The monoisotopic (exact) mass is 243 g/mol. The van der Waals surface area contributed by atoms with E-state index in [1.165, 1.54) is 5.56 Å². The molecule has 0 atom stereocenters. The Kier molecular flexibility index (Phi) is 3.69. The van der Waals surface area contributed by atoms with Crippen LogP contribution in [0.1, 0.15) is 11.3 Å². The van der Waals surface area contributed by atoms with Gasteiger partial charge in [0.2, 0.25) is 0 Å². The molecule has 1 heterocycles. The minimum Gasteiger partial charge on any atom is -0.308 e. The third-order valence-corrected chi connectivity index (χ3v) is 2.03. The molecule has 4 heteroatoms. The molecule has 0 unspecified atom stereocenters. The minimum absolute atomic E-state index is 0.786. The molecular formula is C9H14BrN3. The summed E-state index contributed by atoms with van der Waals surface area (Å²) in [5.41, 5.74) is 2.31. The SMILES string of the molecule is C=C(Br)CNCc1cn(C)nc1C. The maximum absolute atomic E-state index is 4.25. The largest absolute Gasteiger partial charge is 0.308 e. The van der Waals surface area contributed by atoms with Crippen molar-refractivity contribution >= 4 is 15.9 Å². The van der Waals surface area contributed by atoms with Gasteiger partial charge in [0.25, 0.3) is 0 Å². The summed E-state index contributed by atoms with van der Waals surface area (Å²) in [6, 6.07) is 0. The van der Waals surface area contributed by atoms with Gasteiger partial charge in [-0.25, -0.2) is 0 Å². The number of hydrogen-bond acceptors (Lipinski definition) is 2. The highest BCUT2D eigenvalue weighted by Crippen LogP contribution is 2.04. The van der Waals surface area contributed by atoms with Gasteiger partial charge in [0, 0.05) is 36.4 Å². The Bertz CT molecular complexity index is 304. The zero-order valence-corrected chi connectivity index (χ0v) is 9.56. The Balaban J connectivity index is 2.45. The molecule has 0 fully saturated rings. The van der Waals surface area contributed by atoms with Crippen LogP contribution >= 0.6 is 15.9 Å². The fraction of sp³-hybridized carbons (Fsp3) is 0.444. The van der Waals surface area contributed by atoms with Crippen molar-refractivity contribution in [1.82, 2.24) is 15.1 Å². The smallest absolute Gasteiger partial charge is 0.0638 e. The number of hydrogen-bond donors (Lipinski definition) is 1. The van der Waals surface area contributed by atoms with Gasteiger partial charge < -0.3 is 5.32 Å². The summed E-state index contributed by atoms with van der Waals surface area (Å²) in [5.74, 6) is 0. The van der Waals surface area contributed by atoms with Gasteiger partial charge >= 0.3 is 0 Å². The van der Waals surface area contributed by atoms with Gasteiger partial charge in [-0.3, -0.25) is 4.68 Å². The van der Waals surface area contributed by atoms with Gasteiger partial charge in [-0.05, 0) is 6.92 Å². The van der Waals surface area contributed by atoms with Crippen LogP contribution in [0, 0.1) is 6.92 Å². The van der Waals surface area contributed by atoms with E-state index >= 15 is 0 Å². The van der Waals surface area contributed by atoms with Crippen LogP contribution in [0.4, 0.5) is 0 Å². The van der Waals surface area contributed by atoms with Gasteiger partial charge in [0.15, 0.2) is 0 Å². The van der Waals surface area contributed by atoms with Gasteiger partial charge in [-0.1, -0.05) is 22.5 Å². The van der Waals surface area contributed by atoms with Gasteiger partial charge in [-0.2, -0.15) is 5.10 Å². The van der Waals surface area contributed by atoms with Crippen molar-refractivity contribution < 1.29 is 0 Å². The van der Waals surface area contributed by atoms with E-state index in [0.717, 1.165) is 23.3 Å². The first-order valence-corrected chi connectivity index (χ1v) is 4.92. The molecule has 0 aliphatic carbocycles. The zero-order chi connectivity index (χ0) is 9.84. The molecule has 0 bridgehead atoms. The second kappa shape index (κ2) is 4.58. The first-order valence-electron chi connectivity index (χ1n) is 4.12. The van der Waals surface area contributed by atoms with E-state index in [2.05, 4.69) is 32.9 Å². The molecule has 0 radical (unpaired) electrons. The van der Waals surface area contributed by atoms with E-state index < -0.39 is 0 Å².